The topological polar surface area (TPSA) is 66.9 Å². The Morgan fingerprint density at radius 2 is 2.00 bits per heavy atom. The summed E-state index contributed by atoms with van der Waals surface area (Å²) in [6, 6.07) is 9.78. The highest BCUT2D eigenvalue weighted by atomic mass is 16.1. The van der Waals surface area contributed by atoms with Crippen molar-refractivity contribution in [1.82, 2.24) is 15.3 Å². The molecule has 0 spiro atoms. The van der Waals surface area contributed by atoms with Crippen LogP contribution in [0.1, 0.15) is 55.6 Å². The monoisotopic (exact) mass is 312 g/mol. The molecule has 23 heavy (non-hydrogen) atoms. The largest absolute Gasteiger partial charge is 0.351 e. The van der Waals surface area contributed by atoms with E-state index in [0.29, 0.717) is 24.0 Å². The first kappa shape index (κ1) is 16.9. The first-order valence-corrected chi connectivity index (χ1v) is 8.08. The van der Waals surface area contributed by atoms with Gasteiger partial charge in [0.25, 0.3) is 5.91 Å². The van der Waals surface area contributed by atoms with Crippen molar-refractivity contribution in [3.63, 3.8) is 0 Å². The first-order chi connectivity index (χ1) is 11.1. The van der Waals surface area contributed by atoms with Crippen molar-refractivity contribution in [2.24, 2.45) is 0 Å². The number of hydrogen-bond acceptors (Lipinski definition) is 4. The second-order valence-corrected chi connectivity index (χ2v) is 5.76. The Labute approximate surface area is 137 Å². The second kappa shape index (κ2) is 8.27. The van der Waals surface area contributed by atoms with Crippen LogP contribution in [0.2, 0.25) is 0 Å². The van der Waals surface area contributed by atoms with Crippen molar-refractivity contribution in [3.8, 4) is 0 Å². The number of nitrogens with one attached hydrogen (secondary N) is 2. The molecule has 0 saturated carbocycles. The van der Waals surface area contributed by atoms with Gasteiger partial charge < -0.3 is 10.6 Å². The Kier molecular flexibility index (Phi) is 6.09. The summed E-state index contributed by atoms with van der Waals surface area (Å²) in [4.78, 5) is 20.3. The molecule has 0 atom stereocenters. The molecule has 0 fully saturated rings. The zero-order valence-corrected chi connectivity index (χ0v) is 14.0. The Morgan fingerprint density at radius 3 is 2.74 bits per heavy atom. The second-order valence-electron chi connectivity index (χ2n) is 5.76. The van der Waals surface area contributed by atoms with Crippen LogP contribution in [-0.2, 0) is 0 Å². The minimum atomic E-state index is -0.166. The number of rotatable bonds is 7. The fraction of sp³-hybridized carbons (Fsp3) is 0.389. The van der Waals surface area contributed by atoms with Crippen LogP contribution in [0.4, 0.5) is 11.5 Å². The predicted molar refractivity (Wildman–Crippen MR) is 93.1 cm³/mol. The smallest absolute Gasteiger partial charge is 0.270 e. The summed E-state index contributed by atoms with van der Waals surface area (Å²) in [7, 11) is 0. The molecule has 2 aromatic rings. The molecule has 0 radical (unpaired) electrons. The van der Waals surface area contributed by atoms with Gasteiger partial charge in [-0.2, -0.15) is 0 Å². The van der Waals surface area contributed by atoms with E-state index in [1.54, 1.807) is 6.07 Å². The highest BCUT2D eigenvalue weighted by Gasteiger charge is 2.10. The van der Waals surface area contributed by atoms with Crippen LogP contribution in [0.15, 0.2) is 36.7 Å². The molecular formula is C18H24N4O. The van der Waals surface area contributed by atoms with Gasteiger partial charge in [-0.1, -0.05) is 45.4 Å². The molecule has 1 heterocycles. The van der Waals surface area contributed by atoms with Crippen LogP contribution in [0, 0.1) is 0 Å². The van der Waals surface area contributed by atoms with E-state index in [9.17, 15) is 4.79 Å². The van der Waals surface area contributed by atoms with Gasteiger partial charge in [-0.05, 0) is 24.0 Å². The summed E-state index contributed by atoms with van der Waals surface area (Å²) in [6.07, 6.45) is 3.42. The molecule has 0 aliphatic heterocycles. The Balaban J connectivity index is 2.13. The third-order valence-corrected chi connectivity index (χ3v) is 3.56. The number of amides is 1. The normalized spacial score (nSPS) is 10.6. The van der Waals surface area contributed by atoms with Crippen LogP contribution in [0.3, 0.4) is 0 Å². The van der Waals surface area contributed by atoms with Crippen LogP contribution < -0.4 is 10.6 Å². The molecule has 122 valence electrons. The number of hydrogen-bond donors (Lipinski definition) is 2. The number of unbranched alkanes of at least 4 members (excludes halogenated alkanes) is 1. The van der Waals surface area contributed by atoms with Crippen molar-refractivity contribution in [2.75, 3.05) is 11.9 Å². The molecule has 0 aliphatic rings. The SMILES string of the molecule is CCCCNC(=O)c1cc(Nc2ccccc2C(C)C)ncn1. The van der Waals surface area contributed by atoms with Gasteiger partial charge in [0.2, 0.25) is 0 Å². The van der Waals surface area contributed by atoms with Crippen molar-refractivity contribution in [1.29, 1.82) is 0 Å². The third-order valence-electron chi connectivity index (χ3n) is 3.56. The zero-order chi connectivity index (χ0) is 16.7. The van der Waals surface area contributed by atoms with Gasteiger partial charge in [0, 0.05) is 18.3 Å². The van der Waals surface area contributed by atoms with Crippen LogP contribution in [0.25, 0.3) is 0 Å². The highest BCUT2D eigenvalue weighted by molar-refractivity contribution is 5.92. The molecule has 1 aromatic carbocycles. The van der Waals surface area contributed by atoms with Gasteiger partial charge in [-0.3, -0.25) is 4.79 Å². The molecule has 5 nitrogen and oxygen atoms in total. The van der Waals surface area contributed by atoms with Crippen LogP contribution in [-0.4, -0.2) is 22.4 Å². The molecular weight excluding hydrogens is 288 g/mol. The van der Waals surface area contributed by atoms with E-state index in [4.69, 9.17) is 0 Å². The molecule has 0 saturated heterocycles. The summed E-state index contributed by atoms with van der Waals surface area (Å²) >= 11 is 0. The van der Waals surface area contributed by atoms with Gasteiger partial charge in [-0.25, -0.2) is 9.97 Å². The van der Waals surface area contributed by atoms with Crippen LogP contribution >= 0.6 is 0 Å². The van der Waals surface area contributed by atoms with Crippen molar-refractivity contribution < 1.29 is 4.79 Å². The highest BCUT2D eigenvalue weighted by Crippen LogP contribution is 2.26. The summed E-state index contributed by atoms with van der Waals surface area (Å²) in [5, 5.41) is 6.15. The number of carbonyl (C=O) groups is 1. The fourth-order valence-electron chi connectivity index (χ4n) is 2.27. The lowest BCUT2D eigenvalue weighted by molar-refractivity contribution is 0.0948. The number of para-hydroxylation sites is 1. The number of benzene rings is 1. The van der Waals surface area contributed by atoms with Gasteiger partial charge in [0.15, 0.2) is 0 Å². The van der Waals surface area contributed by atoms with E-state index in [1.807, 2.05) is 18.2 Å². The summed E-state index contributed by atoms with van der Waals surface area (Å²) in [6.45, 7) is 7.05. The fourth-order valence-corrected chi connectivity index (χ4v) is 2.27. The first-order valence-electron chi connectivity index (χ1n) is 8.08. The zero-order valence-electron chi connectivity index (χ0n) is 14.0. The average Bonchev–Trinajstić information content (AvgIpc) is 2.55. The molecule has 2 rings (SSSR count). The average molecular weight is 312 g/mol. The van der Waals surface area contributed by atoms with E-state index in [-0.39, 0.29) is 5.91 Å². The lowest BCUT2D eigenvalue weighted by atomic mass is 10.0. The number of carbonyl (C=O) groups excluding carboxylic acids is 1. The number of anilines is 2. The number of aromatic nitrogens is 2. The van der Waals surface area contributed by atoms with Gasteiger partial charge in [0.1, 0.15) is 17.8 Å². The maximum atomic E-state index is 12.1. The van der Waals surface area contributed by atoms with Gasteiger partial charge in [-0.15, -0.1) is 0 Å². The minimum absolute atomic E-state index is 0.166. The summed E-state index contributed by atoms with van der Waals surface area (Å²) in [5.74, 6) is 0.854. The van der Waals surface area contributed by atoms with Crippen molar-refractivity contribution in [3.05, 3.63) is 47.9 Å². The number of nitrogens with zero attached hydrogens (tertiary/aromatic N) is 2. The molecule has 0 unspecified atom stereocenters. The van der Waals surface area contributed by atoms with Crippen molar-refractivity contribution in [2.45, 2.75) is 39.5 Å². The molecule has 0 bridgehead atoms. The minimum Gasteiger partial charge on any atom is -0.351 e. The molecule has 2 N–H and O–H groups in total. The van der Waals surface area contributed by atoms with Crippen molar-refractivity contribution >= 4 is 17.4 Å². The van der Waals surface area contributed by atoms with E-state index in [1.165, 1.54) is 11.9 Å². The Hall–Kier alpha value is -2.43. The third kappa shape index (κ3) is 4.77. The summed E-state index contributed by atoms with van der Waals surface area (Å²) < 4.78 is 0. The maximum Gasteiger partial charge on any atom is 0.270 e. The molecule has 1 aromatic heterocycles. The van der Waals surface area contributed by atoms with Gasteiger partial charge in [0.05, 0.1) is 0 Å². The molecule has 5 heteroatoms. The van der Waals surface area contributed by atoms with Crippen LogP contribution in [0.5, 0.6) is 0 Å². The Morgan fingerprint density at radius 1 is 1.22 bits per heavy atom. The van der Waals surface area contributed by atoms with E-state index < -0.39 is 0 Å². The van der Waals surface area contributed by atoms with Gasteiger partial charge >= 0.3 is 0 Å². The van der Waals surface area contributed by atoms with E-state index in [2.05, 4.69) is 47.4 Å². The lowest BCUT2D eigenvalue weighted by Crippen LogP contribution is -2.25. The quantitative estimate of drug-likeness (QED) is 0.762. The van der Waals surface area contributed by atoms with E-state index in [0.717, 1.165) is 18.5 Å². The molecule has 0 aliphatic carbocycles. The standard InChI is InChI=1S/C18H24N4O/c1-4-5-10-19-18(23)16-11-17(21-12-20-16)22-15-9-7-6-8-14(15)13(2)3/h6-9,11-13H,4-5,10H2,1-3H3,(H,19,23)(H,20,21,22). The maximum absolute atomic E-state index is 12.1. The molecule has 1 amide bonds. The summed E-state index contributed by atoms with van der Waals surface area (Å²) in [5.41, 5.74) is 2.58. The Bertz CT molecular complexity index is 655. The predicted octanol–water partition coefficient (Wildman–Crippen LogP) is 3.87. The lowest BCUT2D eigenvalue weighted by Gasteiger charge is -2.14. The van der Waals surface area contributed by atoms with E-state index >= 15 is 0 Å².